The quantitative estimate of drug-likeness (QED) is 0.822. The number of carbonyl (C=O) groups is 1. The average molecular weight is 406 g/mol. The molecule has 3 heterocycles. The van der Waals surface area contributed by atoms with E-state index < -0.39 is 0 Å². The number of rotatable bonds is 5. The molecule has 1 N–H and O–H groups in total. The minimum Gasteiger partial charge on any atom is -0.351 e. The van der Waals surface area contributed by atoms with Gasteiger partial charge in [0.25, 0.3) is 0 Å². The summed E-state index contributed by atoms with van der Waals surface area (Å²) in [6.07, 6.45) is 4.37. The van der Waals surface area contributed by atoms with Gasteiger partial charge in [0.15, 0.2) is 0 Å². The van der Waals surface area contributed by atoms with Crippen molar-refractivity contribution in [2.45, 2.75) is 38.8 Å². The van der Waals surface area contributed by atoms with Crippen LogP contribution in [0.15, 0.2) is 30.5 Å². The Kier molecular flexibility index (Phi) is 5.81. The normalized spacial score (nSPS) is 17.6. The SMILES string of the molecule is Cc1ccccc1N1Cc2cnc(NC3CCN(CCC#N)CC3)nc2N(C)C1=O. The number of urea groups is 1. The molecule has 2 aliphatic heterocycles. The van der Waals surface area contributed by atoms with Crippen LogP contribution >= 0.6 is 0 Å². The van der Waals surface area contributed by atoms with Gasteiger partial charge in [-0.05, 0) is 31.4 Å². The largest absolute Gasteiger partial charge is 0.351 e. The molecule has 0 aliphatic carbocycles. The van der Waals surface area contributed by atoms with Crippen LogP contribution in [0.4, 0.5) is 22.2 Å². The van der Waals surface area contributed by atoms with Crippen LogP contribution in [0.3, 0.4) is 0 Å². The molecule has 2 aliphatic rings. The Morgan fingerprint density at radius 1 is 1.27 bits per heavy atom. The number of likely N-dealkylation sites (tertiary alicyclic amines) is 1. The van der Waals surface area contributed by atoms with E-state index in [1.165, 1.54) is 0 Å². The number of carbonyl (C=O) groups excluding carboxylic acids is 1. The van der Waals surface area contributed by atoms with Gasteiger partial charge in [0, 0.05) is 56.6 Å². The Morgan fingerprint density at radius 3 is 2.77 bits per heavy atom. The third-order valence-corrected chi connectivity index (χ3v) is 5.87. The van der Waals surface area contributed by atoms with Crippen molar-refractivity contribution in [3.05, 3.63) is 41.6 Å². The van der Waals surface area contributed by atoms with Crippen molar-refractivity contribution in [2.75, 3.05) is 41.8 Å². The number of hydrogen-bond acceptors (Lipinski definition) is 6. The van der Waals surface area contributed by atoms with Crippen molar-refractivity contribution in [1.82, 2.24) is 14.9 Å². The van der Waals surface area contributed by atoms with Crippen molar-refractivity contribution in [3.63, 3.8) is 0 Å². The smallest absolute Gasteiger partial charge is 0.330 e. The summed E-state index contributed by atoms with van der Waals surface area (Å²) in [6, 6.07) is 10.3. The Labute approximate surface area is 177 Å². The molecule has 1 fully saturated rings. The fraction of sp³-hybridized carbons (Fsp3) is 0.455. The van der Waals surface area contributed by atoms with Crippen molar-refractivity contribution in [3.8, 4) is 6.07 Å². The molecule has 30 heavy (non-hydrogen) atoms. The van der Waals surface area contributed by atoms with Crippen LogP contribution in [-0.2, 0) is 6.54 Å². The van der Waals surface area contributed by atoms with Gasteiger partial charge in [-0.15, -0.1) is 0 Å². The summed E-state index contributed by atoms with van der Waals surface area (Å²) in [5.74, 6) is 1.22. The van der Waals surface area contributed by atoms with Gasteiger partial charge in [-0.2, -0.15) is 10.2 Å². The molecule has 1 saturated heterocycles. The number of benzene rings is 1. The first-order chi connectivity index (χ1) is 14.6. The van der Waals surface area contributed by atoms with E-state index in [4.69, 9.17) is 5.26 Å². The maximum atomic E-state index is 13.0. The molecule has 8 heteroatoms. The highest BCUT2D eigenvalue weighted by Crippen LogP contribution is 2.31. The van der Waals surface area contributed by atoms with Gasteiger partial charge in [-0.25, -0.2) is 9.78 Å². The number of aromatic nitrogens is 2. The number of amides is 2. The fourth-order valence-electron chi connectivity index (χ4n) is 4.12. The zero-order chi connectivity index (χ0) is 21.1. The topological polar surface area (TPSA) is 88.4 Å². The molecule has 0 bridgehead atoms. The van der Waals surface area contributed by atoms with Gasteiger partial charge in [0.2, 0.25) is 5.95 Å². The van der Waals surface area contributed by atoms with Gasteiger partial charge < -0.3 is 10.2 Å². The van der Waals surface area contributed by atoms with Crippen LogP contribution in [0.1, 0.15) is 30.4 Å². The third-order valence-electron chi connectivity index (χ3n) is 5.87. The Balaban J connectivity index is 1.45. The van der Waals surface area contributed by atoms with E-state index in [0.29, 0.717) is 30.8 Å². The molecular formula is C22H27N7O. The number of para-hydroxylation sites is 1. The second-order valence-corrected chi connectivity index (χ2v) is 7.93. The Morgan fingerprint density at radius 2 is 2.03 bits per heavy atom. The number of piperidine rings is 1. The van der Waals surface area contributed by atoms with E-state index in [2.05, 4.69) is 26.3 Å². The predicted octanol–water partition coefficient (Wildman–Crippen LogP) is 3.15. The van der Waals surface area contributed by atoms with Crippen LogP contribution in [0, 0.1) is 18.3 Å². The molecule has 0 saturated carbocycles. The van der Waals surface area contributed by atoms with Gasteiger partial charge in [0.1, 0.15) is 5.82 Å². The molecule has 0 atom stereocenters. The van der Waals surface area contributed by atoms with Crippen molar-refractivity contribution < 1.29 is 4.79 Å². The lowest BCUT2D eigenvalue weighted by molar-refractivity contribution is 0.223. The first-order valence-electron chi connectivity index (χ1n) is 10.4. The maximum absolute atomic E-state index is 13.0. The number of nitrogens with zero attached hydrogens (tertiary/aromatic N) is 6. The summed E-state index contributed by atoms with van der Waals surface area (Å²) < 4.78 is 0. The molecule has 1 aromatic carbocycles. The Bertz CT molecular complexity index is 962. The van der Waals surface area contributed by atoms with Crippen LogP contribution < -0.4 is 15.1 Å². The molecule has 2 aromatic rings. The van der Waals surface area contributed by atoms with Gasteiger partial charge in [-0.3, -0.25) is 9.80 Å². The third kappa shape index (κ3) is 4.07. The van der Waals surface area contributed by atoms with E-state index in [9.17, 15) is 4.79 Å². The van der Waals surface area contributed by atoms with Crippen LogP contribution in [0.25, 0.3) is 0 Å². The second-order valence-electron chi connectivity index (χ2n) is 7.93. The minimum absolute atomic E-state index is 0.0905. The molecule has 1 aromatic heterocycles. The van der Waals surface area contributed by atoms with Crippen molar-refractivity contribution in [2.24, 2.45) is 0 Å². The molecule has 2 amide bonds. The number of hydrogen-bond donors (Lipinski definition) is 1. The van der Waals surface area contributed by atoms with E-state index in [-0.39, 0.29) is 6.03 Å². The van der Waals surface area contributed by atoms with Crippen LogP contribution in [0.5, 0.6) is 0 Å². The second kappa shape index (κ2) is 8.67. The summed E-state index contributed by atoms with van der Waals surface area (Å²) in [6.45, 7) is 5.24. The lowest BCUT2D eigenvalue weighted by atomic mass is 10.1. The fourth-order valence-corrected chi connectivity index (χ4v) is 4.12. The lowest BCUT2D eigenvalue weighted by Crippen LogP contribution is -2.46. The van der Waals surface area contributed by atoms with Crippen molar-refractivity contribution in [1.29, 1.82) is 5.26 Å². The van der Waals surface area contributed by atoms with E-state index in [1.807, 2.05) is 37.4 Å². The lowest BCUT2D eigenvalue weighted by Gasteiger charge is -2.35. The summed E-state index contributed by atoms with van der Waals surface area (Å²) in [7, 11) is 1.76. The number of anilines is 3. The average Bonchev–Trinajstić information content (AvgIpc) is 2.77. The summed E-state index contributed by atoms with van der Waals surface area (Å²) in [5, 5.41) is 12.2. The minimum atomic E-state index is -0.0905. The van der Waals surface area contributed by atoms with E-state index in [1.54, 1.807) is 16.8 Å². The molecule has 0 unspecified atom stereocenters. The molecule has 4 rings (SSSR count). The maximum Gasteiger partial charge on any atom is 0.330 e. The van der Waals surface area contributed by atoms with E-state index in [0.717, 1.165) is 49.3 Å². The Hall–Kier alpha value is -3.18. The molecule has 0 radical (unpaired) electrons. The van der Waals surface area contributed by atoms with Gasteiger partial charge in [0.05, 0.1) is 12.6 Å². The highest BCUT2D eigenvalue weighted by Gasteiger charge is 2.31. The predicted molar refractivity (Wildman–Crippen MR) is 117 cm³/mol. The standard InChI is InChI=1S/C22H27N7O/c1-16-6-3-4-7-19(16)29-15-17-14-24-21(26-20(17)27(2)22(29)30)25-18-8-12-28(13-9-18)11-5-10-23/h3-4,6-7,14,18H,5,8-9,11-13,15H2,1-2H3,(H,24,25,26). The number of fused-ring (bicyclic) bond motifs is 1. The zero-order valence-corrected chi connectivity index (χ0v) is 17.5. The van der Waals surface area contributed by atoms with Crippen molar-refractivity contribution >= 4 is 23.5 Å². The molecular weight excluding hydrogens is 378 g/mol. The monoisotopic (exact) mass is 405 g/mol. The first-order valence-corrected chi connectivity index (χ1v) is 10.4. The van der Waals surface area contributed by atoms with Gasteiger partial charge in [-0.1, -0.05) is 18.2 Å². The molecule has 0 spiro atoms. The number of nitriles is 1. The summed E-state index contributed by atoms with van der Waals surface area (Å²) in [5.41, 5.74) is 2.89. The number of nitrogens with one attached hydrogen (secondary N) is 1. The van der Waals surface area contributed by atoms with Gasteiger partial charge >= 0.3 is 6.03 Å². The van der Waals surface area contributed by atoms with Crippen LogP contribution in [-0.4, -0.2) is 53.6 Å². The van der Waals surface area contributed by atoms with E-state index >= 15 is 0 Å². The zero-order valence-electron chi connectivity index (χ0n) is 17.5. The molecule has 8 nitrogen and oxygen atoms in total. The number of aryl methyl sites for hydroxylation is 1. The van der Waals surface area contributed by atoms with Crippen LogP contribution in [0.2, 0.25) is 0 Å². The highest BCUT2D eigenvalue weighted by molar-refractivity contribution is 6.05. The summed E-state index contributed by atoms with van der Waals surface area (Å²) in [4.78, 5) is 27.9. The summed E-state index contributed by atoms with van der Waals surface area (Å²) >= 11 is 0. The molecule has 156 valence electrons. The highest BCUT2D eigenvalue weighted by atomic mass is 16.2. The first kappa shape index (κ1) is 20.1.